The first-order valence-corrected chi connectivity index (χ1v) is 9.70. The summed E-state index contributed by atoms with van der Waals surface area (Å²) in [6.07, 6.45) is 3.82. The van der Waals surface area contributed by atoms with Gasteiger partial charge in [-0.25, -0.2) is 0 Å². The van der Waals surface area contributed by atoms with Crippen molar-refractivity contribution in [3.05, 3.63) is 53.8 Å². The largest absolute Gasteiger partial charge is 0.497 e. The number of benzene rings is 2. The van der Waals surface area contributed by atoms with E-state index in [2.05, 4.69) is 0 Å². The Hall–Kier alpha value is -3.15. The maximum Gasteiger partial charge on any atom is 0.227 e. The van der Waals surface area contributed by atoms with Gasteiger partial charge in [-0.05, 0) is 43.2 Å². The van der Waals surface area contributed by atoms with E-state index >= 15 is 0 Å². The Morgan fingerprint density at radius 1 is 1.07 bits per heavy atom. The van der Waals surface area contributed by atoms with Crippen molar-refractivity contribution in [2.24, 2.45) is 0 Å². The monoisotopic (exact) mass is 395 g/mol. The zero-order valence-electron chi connectivity index (χ0n) is 16.9. The molecule has 1 atom stereocenters. The summed E-state index contributed by atoms with van der Waals surface area (Å²) in [7, 11) is 4.91. The summed E-state index contributed by atoms with van der Waals surface area (Å²) < 4.78 is 21.8. The highest BCUT2D eigenvalue weighted by Crippen LogP contribution is 2.39. The fraction of sp³-hybridized carbons (Fsp3) is 0.348. The van der Waals surface area contributed by atoms with Crippen LogP contribution in [0.5, 0.6) is 17.2 Å². The fourth-order valence-corrected chi connectivity index (χ4v) is 4.08. The minimum Gasteiger partial charge on any atom is -0.497 e. The Kier molecular flexibility index (Phi) is 5.34. The number of likely N-dealkylation sites (tertiary alicyclic amines) is 1. The first-order valence-electron chi connectivity index (χ1n) is 9.70. The van der Waals surface area contributed by atoms with E-state index in [1.54, 1.807) is 27.6 Å². The molecule has 6 heteroatoms. The van der Waals surface area contributed by atoms with Gasteiger partial charge in [-0.3, -0.25) is 4.79 Å². The van der Waals surface area contributed by atoms with Crippen molar-refractivity contribution < 1.29 is 23.4 Å². The third kappa shape index (κ3) is 3.62. The first-order chi connectivity index (χ1) is 14.1. The van der Waals surface area contributed by atoms with Crippen molar-refractivity contribution in [3.63, 3.8) is 0 Å². The molecule has 0 N–H and O–H groups in total. The predicted octanol–water partition coefficient (Wildman–Crippen LogP) is 4.36. The molecule has 1 aliphatic rings. The Morgan fingerprint density at radius 3 is 2.59 bits per heavy atom. The maximum absolute atomic E-state index is 13.2. The molecule has 152 valence electrons. The number of furan rings is 1. The molecule has 1 aromatic heterocycles. The number of carbonyl (C=O) groups is 1. The number of hydrogen-bond acceptors (Lipinski definition) is 5. The number of nitrogens with zero attached hydrogens (tertiary/aromatic N) is 1. The number of hydrogen-bond donors (Lipinski definition) is 0. The summed E-state index contributed by atoms with van der Waals surface area (Å²) >= 11 is 0. The molecule has 0 saturated carbocycles. The van der Waals surface area contributed by atoms with Crippen LogP contribution in [0.25, 0.3) is 11.0 Å². The van der Waals surface area contributed by atoms with Gasteiger partial charge in [-0.15, -0.1) is 0 Å². The normalized spacial score (nSPS) is 16.2. The molecule has 0 spiro atoms. The van der Waals surface area contributed by atoms with Gasteiger partial charge in [0.2, 0.25) is 5.91 Å². The molecular formula is C23H25NO5. The summed E-state index contributed by atoms with van der Waals surface area (Å²) in [5, 5.41) is 0.939. The second-order valence-electron chi connectivity index (χ2n) is 7.15. The molecule has 2 aromatic carbocycles. The van der Waals surface area contributed by atoms with Gasteiger partial charge in [0.05, 0.1) is 40.1 Å². The van der Waals surface area contributed by atoms with Crippen molar-refractivity contribution in [3.8, 4) is 17.2 Å². The van der Waals surface area contributed by atoms with Gasteiger partial charge >= 0.3 is 0 Å². The third-order valence-corrected chi connectivity index (χ3v) is 5.57. The number of rotatable bonds is 6. The van der Waals surface area contributed by atoms with Gasteiger partial charge in [0, 0.05) is 29.1 Å². The van der Waals surface area contributed by atoms with E-state index < -0.39 is 0 Å². The highest BCUT2D eigenvalue weighted by molar-refractivity contribution is 5.88. The van der Waals surface area contributed by atoms with Crippen LogP contribution in [0.15, 0.2) is 47.1 Å². The van der Waals surface area contributed by atoms with Gasteiger partial charge in [0.25, 0.3) is 0 Å². The quantitative estimate of drug-likeness (QED) is 0.620. The van der Waals surface area contributed by atoms with Crippen molar-refractivity contribution in [2.45, 2.75) is 25.3 Å². The molecule has 29 heavy (non-hydrogen) atoms. The predicted molar refractivity (Wildman–Crippen MR) is 110 cm³/mol. The Bertz CT molecular complexity index is 1030. The van der Waals surface area contributed by atoms with E-state index in [4.69, 9.17) is 18.6 Å². The van der Waals surface area contributed by atoms with E-state index in [-0.39, 0.29) is 11.9 Å². The van der Waals surface area contributed by atoms with Gasteiger partial charge in [0.1, 0.15) is 22.8 Å². The Morgan fingerprint density at radius 2 is 1.83 bits per heavy atom. The highest BCUT2D eigenvalue weighted by Gasteiger charge is 2.32. The molecule has 3 aromatic rings. The smallest absolute Gasteiger partial charge is 0.227 e. The van der Waals surface area contributed by atoms with Gasteiger partial charge in [-0.1, -0.05) is 0 Å². The van der Waals surface area contributed by atoms with Crippen molar-refractivity contribution in [1.29, 1.82) is 0 Å². The lowest BCUT2D eigenvalue weighted by Gasteiger charge is -2.26. The van der Waals surface area contributed by atoms with Crippen molar-refractivity contribution in [1.82, 2.24) is 4.90 Å². The van der Waals surface area contributed by atoms with Crippen molar-refractivity contribution >= 4 is 16.9 Å². The molecule has 2 heterocycles. The van der Waals surface area contributed by atoms with Crippen LogP contribution in [0, 0.1) is 0 Å². The molecule has 1 aliphatic heterocycles. The number of amides is 1. The zero-order chi connectivity index (χ0) is 20.4. The second-order valence-corrected chi connectivity index (χ2v) is 7.15. The standard InChI is InChI=1S/C23H25NO5/c1-26-16-7-9-21(28-3)19(12-16)20-5-4-10-24(20)23(25)11-15-14-29-22-13-17(27-2)6-8-18(15)22/h6-9,12-14,20H,4-5,10-11H2,1-3H3. The molecule has 1 amide bonds. The van der Waals surface area contributed by atoms with E-state index in [9.17, 15) is 4.79 Å². The lowest BCUT2D eigenvalue weighted by molar-refractivity contribution is -0.131. The van der Waals surface area contributed by atoms with E-state index in [1.807, 2.05) is 41.3 Å². The lowest BCUT2D eigenvalue weighted by atomic mass is 10.0. The van der Waals surface area contributed by atoms with Crippen LogP contribution in [-0.4, -0.2) is 38.7 Å². The lowest BCUT2D eigenvalue weighted by Crippen LogP contribution is -2.32. The van der Waals surface area contributed by atoms with Gasteiger partial charge in [-0.2, -0.15) is 0 Å². The van der Waals surface area contributed by atoms with Crippen LogP contribution in [0.3, 0.4) is 0 Å². The van der Waals surface area contributed by atoms with Crippen LogP contribution in [-0.2, 0) is 11.2 Å². The molecule has 0 bridgehead atoms. The molecule has 1 saturated heterocycles. The van der Waals surface area contributed by atoms with E-state index in [1.165, 1.54) is 0 Å². The summed E-state index contributed by atoms with van der Waals surface area (Å²) in [6.45, 7) is 0.730. The molecule has 1 fully saturated rings. The van der Waals surface area contributed by atoms with Crippen LogP contribution in [0.2, 0.25) is 0 Å². The minimum atomic E-state index is -0.0224. The molecule has 0 aliphatic carbocycles. The highest BCUT2D eigenvalue weighted by atomic mass is 16.5. The minimum absolute atomic E-state index is 0.0224. The van der Waals surface area contributed by atoms with E-state index in [0.717, 1.165) is 58.7 Å². The second kappa shape index (κ2) is 8.07. The number of fused-ring (bicyclic) bond motifs is 1. The summed E-state index contributed by atoms with van der Waals surface area (Å²) in [5.41, 5.74) is 2.59. The SMILES string of the molecule is COc1ccc(OC)c(C2CCCN2C(=O)Cc2coc3cc(OC)ccc23)c1. The van der Waals surface area contributed by atoms with Crippen molar-refractivity contribution in [2.75, 3.05) is 27.9 Å². The number of ether oxygens (including phenoxy) is 3. The fourth-order valence-electron chi connectivity index (χ4n) is 4.08. The third-order valence-electron chi connectivity index (χ3n) is 5.57. The molecule has 1 unspecified atom stereocenters. The molecule has 0 radical (unpaired) electrons. The van der Waals surface area contributed by atoms with E-state index in [0.29, 0.717) is 6.42 Å². The number of carbonyl (C=O) groups excluding carboxylic acids is 1. The van der Waals surface area contributed by atoms with Crippen LogP contribution in [0.1, 0.15) is 30.0 Å². The van der Waals surface area contributed by atoms with Gasteiger partial charge in [0.15, 0.2) is 0 Å². The molecule has 6 nitrogen and oxygen atoms in total. The summed E-state index contributed by atoms with van der Waals surface area (Å²) in [5.74, 6) is 2.34. The maximum atomic E-state index is 13.2. The Balaban J connectivity index is 1.59. The summed E-state index contributed by atoms with van der Waals surface area (Å²) in [6, 6.07) is 11.4. The average molecular weight is 395 g/mol. The van der Waals surface area contributed by atoms with Crippen LogP contribution < -0.4 is 14.2 Å². The molecular weight excluding hydrogens is 370 g/mol. The zero-order valence-corrected chi connectivity index (χ0v) is 16.9. The van der Waals surface area contributed by atoms with Crippen LogP contribution >= 0.6 is 0 Å². The number of methoxy groups -OCH3 is 3. The average Bonchev–Trinajstić information content (AvgIpc) is 3.40. The molecule has 4 rings (SSSR count). The van der Waals surface area contributed by atoms with Crippen LogP contribution in [0.4, 0.5) is 0 Å². The summed E-state index contributed by atoms with van der Waals surface area (Å²) in [4.78, 5) is 15.1. The first kappa shape index (κ1) is 19.2. The van der Waals surface area contributed by atoms with Gasteiger partial charge < -0.3 is 23.5 Å². The topological polar surface area (TPSA) is 61.1 Å². The Labute approximate surface area is 170 Å².